The number of likely N-dealkylation sites (N-methyl/N-ethyl adjacent to an activating group) is 1. The van der Waals surface area contributed by atoms with E-state index >= 15 is 0 Å². The van der Waals surface area contributed by atoms with E-state index < -0.39 is 10.7 Å². The van der Waals surface area contributed by atoms with Crippen molar-refractivity contribution in [3.63, 3.8) is 0 Å². The zero-order valence-electron chi connectivity index (χ0n) is 13.1. The average Bonchev–Trinajstić information content (AvgIpc) is 2.48. The van der Waals surface area contributed by atoms with Crippen LogP contribution in [0.1, 0.15) is 13.3 Å². The van der Waals surface area contributed by atoms with Crippen molar-refractivity contribution >= 4 is 11.4 Å². The summed E-state index contributed by atoms with van der Waals surface area (Å²) in [5.74, 6) is -0.583. The van der Waals surface area contributed by atoms with Gasteiger partial charge in [-0.25, -0.2) is 4.39 Å². The molecule has 0 spiro atoms. The predicted octanol–water partition coefficient (Wildman–Crippen LogP) is 2.17. The minimum Gasteiger partial charge on any atom is -0.380 e. The molecule has 122 valence electrons. The van der Waals surface area contributed by atoms with Crippen molar-refractivity contribution in [2.45, 2.75) is 19.4 Å². The van der Waals surface area contributed by atoms with Crippen LogP contribution in [0.25, 0.3) is 0 Å². The van der Waals surface area contributed by atoms with E-state index in [2.05, 4.69) is 22.2 Å². The Labute approximate surface area is 130 Å². The second-order valence-electron chi connectivity index (χ2n) is 5.90. The molecule has 1 aliphatic rings. The van der Waals surface area contributed by atoms with Crippen LogP contribution in [0.3, 0.4) is 0 Å². The van der Waals surface area contributed by atoms with Gasteiger partial charge in [-0.1, -0.05) is 0 Å². The van der Waals surface area contributed by atoms with Gasteiger partial charge in [0, 0.05) is 44.8 Å². The van der Waals surface area contributed by atoms with E-state index in [9.17, 15) is 14.5 Å². The number of nitrogens with zero attached hydrogens (tertiary/aromatic N) is 3. The van der Waals surface area contributed by atoms with Crippen LogP contribution in [-0.4, -0.2) is 60.5 Å². The first-order chi connectivity index (χ1) is 10.5. The number of hydrogen-bond acceptors (Lipinski definition) is 5. The maximum Gasteiger partial charge on any atom is 0.272 e. The lowest BCUT2D eigenvalue weighted by Gasteiger charge is -2.33. The van der Waals surface area contributed by atoms with E-state index in [0.29, 0.717) is 5.69 Å². The average molecular weight is 310 g/mol. The van der Waals surface area contributed by atoms with Gasteiger partial charge in [-0.15, -0.1) is 0 Å². The summed E-state index contributed by atoms with van der Waals surface area (Å²) < 4.78 is 13.8. The number of nitrogens with one attached hydrogen (secondary N) is 1. The van der Waals surface area contributed by atoms with E-state index in [0.717, 1.165) is 45.2 Å². The molecule has 1 aromatic rings. The molecule has 1 fully saturated rings. The highest BCUT2D eigenvalue weighted by Crippen LogP contribution is 2.21. The van der Waals surface area contributed by atoms with Crippen LogP contribution in [-0.2, 0) is 0 Å². The van der Waals surface area contributed by atoms with Crippen molar-refractivity contribution in [3.8, 4) is 0 Å². The monoisotopic (exact) mass is 310 g/mol. The van der Waals surface area contributed by atoms with Crippen LogP contribution < -0.4 is 5.32 Å². The van der Waals surface area contributed by atoms with Crippen molar-refractivity contribution in [2.75, 3.05) is 45.1 Å². The molecular formula is C15H23FN4O2. The summed E-state index contributed by atoms with van der Waals surface area (Å²) in [4.78, 5) is 14.7. The summed E-state index contributed by atoms with van der Waals surface area (Å²) >= 11 is 0. The van der Waals surface area contributed by atoms with Gasteiger partial charge in [0.15, 0.2) is 5.82 Å². The van der Waals surface area contributed by atoms with E-state index in [1.807, 2.05) is 6.92 Å². The molecule has 0 aromatic heterocycles. The number of benzene rings is 1. The van der Waals surface area contributed by atoms with Crippen LogP contribution in [0.5, 0.6) is 0 Å². The van der Waals surface area contributed by atoms with Crippen molar-refractivity contribution < 1.29 is 9.31 Å². The topological polar surface area (TPSA) is 61.6 Å². The van der Waals surface area contributed by atoms with Gasteiger partial charge in [-0.2, -0.15) is 0 Å². The van der Waals surface area contributed by atoms with E-state index in [1.54, 1.807) is 0 Å². The van der Waals surface area contributed by atoms with Gasteiger partial charge >= 0.3 is 0 Å². The van der Waals surface area contributed by atoms with Crippen LogP contribution in [0.4, 0.5) is 15.8 Å². The molecule has 0 amide bonds. The number of anilines is 1. The Morgan fingerprint density at radius 3 is 2.64 bits per heavy atom. The molecule has 0 bridgehead atoms. The predicted molar refractivity (Wildman–Crippen MR) is 84.7 cm³/mol. The van der Waals surface area contributed by atoms with Crippen LogP contribution in [0, 0.1) is 15.9 Å². The van der Waals surface area contributed by atoms with Gasteiger partial charge in [-0.05, 0) is 26.5 Å². The largest absolute Gasteiger partial charge is 0.380 e. The number of rotatable bonds is 6. The molecule has 1 atom stereocenters. The second-order valence-corrected chi connectivity index (χ2v) is 5.90. The Kier molecular flexibility index (Phi) is 5.68. The molecule has 0 aliphatic carbocycles. The molecule has 1 heterocycles. The maximum atomic E-state index is 13.8. The lowest BCUT2D eigenvalue weighted by atomic mass is 10.2. The van der Waals surface area contributed by atoms with Crippen molar-refractivity contribution in [3.05, 3.63) is 34.1 Å². The molecule has 1 aliphatic heterocycles. The first kappa shape index (κ1) is 16.6. The Morgan fingerprint density at radius 2 is 2.05 bits per heavy atom. The fraction of sp³-hybridized carbons (Fsp3) is 0.600. The molecule has 6 nitrogen and oxygen atoms in total. The fourth-order valence-electron chi connectivity index (χ4n) is 2.52. The van der Waals surface area contributed by atoms with Crippen molar-refractivity contribution in [1.82, 2.24) is 9.80 Å². The van der Waals surface area contributed by atoms with Gasteiger partial charge in [0.2, 0.25) is 0 Å². The summed E-state index contributed by atoms with van der Waals surface area (Å²) in [6, 6.07) is 3.81. The Bertz CT molecular complexity index is 518. The first-order valence-electron chi connectivity index (χ1n) is 7.57. The van der Waals surface area contributed by atoms with Crippen molar-refractivity contribution in [2.24, 2.45) is 0 Å². The summed E-state index contributed by atoms with van der Waals surface area (Å²) in [6.45, 7) is 7.26. The Hall–Kier alpha value is -1.73. The number of nitro groups is 1. The zero-order valence-corrected chi connectivity index (χ0v) is 13.1. The number of nitro benzene ring substituents is 1. The number of halogens is 1. The molecular weight excluding hydrogens is 287 g/mol. The van der Waals surface area contributed by atoms with Gasteiger partial charge in [0.25, 0.3) is 5.69 Å². The fourth-order valence-corrected chi connectivity index (χ4v) is 2.52. The highest BCUT2D eigenvalue weighted by molar-refractivity contribution is 5.50. The maximum absolute atomic E-state index is 13.8. The number of hydrogen-bond donors (Lipinski definition) is 1. The molecule has 1 unspecified atom stereocenters. The second kappa shape index (κ2) is 7.51. The minimum atomic E-state index is -0.594. The molecule has 22 heavy (non-hydrogen) atoms. The number of piperazine rings is 1. The highest BCUT2D eigenvalue weighted by atomic mass is 19.1. The standard InChI is InChI=1S/C15H23FN4O2/c1-12(5-6-19-9-7-18(2)8-10-19)17-15-4-3-13(20(21)22)11-14(15)16/h3-4,11-12,17H,5-10H2,1-2H3. The zero-order chi connectivity index (χ0) is 16.1. The summed E-state index contributed by atoms with van der Waals surface area (Å²) in [7, 11) is 2.12. The third kappa shape index (κ3) is 4.64. The van der Waals surface area contributed by atoms with E-state index in [4.69, 9.17) is 0 Å². The van der Waals surface area contributed by atoms with E-state index in [-0.39, 0.29) is 11.7 Å². The molecule has 1 aromatic carbocycles. The normalized spacial score (nSPS) is 18.1. The Balaban J connectivity index is 1.81. The Morgan fingerprint density at radius 1 is 1.36 bits per heavy atom. The van der Waals surface area contributed by atoms with Crippen LogP contribution in [0.2, 0.25) is 0 Å². The smallest absolute Gasteiger partial charge is 0.272 e. The van der Waals surface area contributed by atoms with E-state index in [1.165, 1.54) is 12.1 Å². The van der Waals surface area contributed by atoms with Gasteiger partial charge in [0.05, 0.1) is 16.7 Å². The van der Waals surface area contributed by atoms with Gasteiger partial charge in [0.1, 0.15) is 0 Å². The summed E-state index contributed by atoms with van der Waals surface area (Å²) in [5, 5.41) is 13.7. The molecule has 0 radical (unpaired) electrons. The molecule has 1 N–H and O–H groups in total. The highest BCUT2D eigenvalue weighted by Gasteiger charge is 2.16. The van der Waals surface area contributed by atoms with Crippen LogP contribution in [0.15, 0.2) is 18.2 Å². The third-order valence-corrected chi connectivity index (χ3v) is 4.04. The molecule has 0 saturated carbocycles. The first-order valence-corrected chi connectivity index (χ1v) is 7.57. The summed E-state index contributed by atoms with van der Waals surface area (Å²) in [6.07, 6.45) is 0.903. The van der Waals surface area contributed by atoms with Gasteiger partial charge < -0.3 is 15.1 Å². The molecule has 1 saturated heterocycles. The summed E-state index contributed by atoms with van der Waals surface area (Å²) in [5.41, 5.74) is 0.0876. The molecule has 2 rings (SSSR count). The third-order valence-electron chi connectivity index (χ3n) is 4.04. The lowest BCUT2D eigenvalue weighted by Crippen LogP contribution is -2.45. The van der Waals surface area contributed by atoms with Crippen molar-refractivity contribution in [1.29, 1.82) is 0 Å². The van der Waals surface area contributed by atoms with Gasteiger partial charge in [-0.3, -0.25) is 10.1 Å². The van der Waals surface area contributed by atoms with Crippen LogP contribution >= 0.6 is 0 Å². The number of non-ortho nitro benzene ring substituents is 1. The minimum absolute atomic E-state index is 0.107. The SMILES string of the molecule is CC(CCN1CCN(C)CC1)Nc1ccc([N+](=O)[O-])cc1F. The lowest BCUT2D eigenvalue weighted by molar-refractivity contribution is -0.385. The quantitative estimate of drug-likeness (QED) is 0.644. The molecule has 7 heteroatoms.